The zero-order valence-corrected chi connectivity index (χ0v) is 30.9. The molecule has 0 aliphatic rings. The maximum atomic E-state index is 3.35. The average Bonchev–Trinajstić information content (AvgIpc) is 3.76. The van der Waals surface area contributed by atoms with E-state index >= 15 is 0 Å². The van der Waals surface area contributed by atoms with Crippen molar-refractivity contribution in [2.45, 2.75) is 13.8 Å². The maximum absolute atomic E-state index is 3.35. The number of hydrogen-bond donors (Lipinski definition) is 0. The Bertz CT molecular complexity index is 3100. The van der Waals surface area contributed by atoms with Crippen LogP contribution in [-0.4, -0.2) is 4.57 Å². The molecule has 0 aliphatic carbocycles. The fraction of sp³-hybridized carbons (Fsp3) is 0.0392. The number of benzene rings is 8. The van der Waals surface area contributed by atoms with Gasteiger partial charge in [-0.1, -0.05) is 97.1 Å². The molecule has 0 saturated heterocycles. The zero-order valence-electron chi connectivity index (χ0n) is 30.1. The van der Waals surface area contributed by atoms with E-state index in [9.17, 15) is 0 Å². The highest BCUT2D eigenvalue weighted by atomic mass is 32.1. The first kappa shape index (κ1) is 32.0. The molecule has 2 aromatic heterocycles. The van der Waals surface area contributed by atoms with Gasteiger partial charge in [-0.05, 0) is 126 Å². The number of anilines is 3. The molecule has 0 fully saturated rings. The van der Waals surface area contributed by atoms with Gasteiger partial charge in [0, 0.05) is 59.3 Å². The Morgan fingerprint density at radius 1 is 0.537 bits per heavy atom. The van der Waals surface area contributed by atoms with Crippen molar-refractivity contribution in [2.24, 2.45) is 0 Å². The highest BCUT2D eigenvalue weighted by Gasteiger charge is 2.19. The molecule has 0 atom stereocenters. The SMILES string of the molecule is CC=C=Cc1c(C)ccc2c3cc(-c4ccc(N(c5ccc6ccccc6c5)c5ccc6sc7ccccc7c6c5)cc4)ccc3n(-c3ccccc3)c12. The summed E-state index contributed by atoms with van der Waals surface area (Å²) in [5.74, 6) is 0. The first-order valence-corrected chi connectivity index (χ1v) is 19.3. The Morgan fingerprint density at radius 2 is 1.24 bits per heavy atom. The molecule has 0 bridgehead atoms. The summed E-state index contributed by atoms with van der Waals surface area (Å²) in [5, 5.41) is 7.53. The van der Waals surface area contributed by atoms with Crippen LogP contribution in [0.25, 0.3) is 75.6 Å². The summed E-state index contributed by atoms with van der Waals surface area (Å²) >= 11 is 1.85. The number of aryl methyl sites for hydroxylation is 1. The van der Waals surface area contributed by atoms with Crippen molar-refractivity contribution in [3.63, 3.8) is 0 Å². The lowest BCUT2D eigenvalue weighted by Crippen LogP contribution is -2.09. The van der Waals surface area contributed by atoms with Gasteiger partial charge in [0.25, 0.3) is 0 Å². The molecule has 54 heavy (non-hydrogen) atoms. The number of allylic oxidation sites excluding steroid dienone is 1. The minimum Gasteiger partial charge on any atom is -0.310 e. The molecule has 3 heteroatoms. The summed E-state index contributed by atoms with van der Waals surface area (Å²) < 4.78 is 5.02. The van der Waals surface area contributed by atoms with E-state index in [2.05, 4.69) is 198 Å². The summed E-state index contributed by atoms with van der Waals surface area (Å²) in [5.41, 5.74) is 15.1. The Hall–Kier alpha value is -6.64. The molecular weight excluding hydrogens is 673 g/mol. The number of thiophene rings is 1. The predicted octanol–water partition coefficient (Wildman–Crippen LogP) is 14.9. The third-order valence-electron chi connectivity index (χ3n) is 10.7. The molecule has 0 unspecified atom stereocenters. The molecule has 0 saturated carbocycles. The van der Waals surface area contributed by atoms with E-state index in [4.69, 9.17) is 0 Å². The molecule has 10 aromatic rings. The van der Waals surface area contributed by atoms with Crippen LogP contribution in [0.5, 0.6) is 0 Å². The quantitative estimate of drug-likeness (QED) is 0.156. The Kier molecular flexibility index (Phi) is 7.77. The highest BCUT2D eigenvalue weighted by molar-refractivity contribution is 7.25. The van der Waals surface area contributed by atoms with E-state index in [1.165, 1.54) is 75.0 Å². The largest absolute Gasteiger partial charge is 0.310 e. The number of fused-ring (bicyclic) bond motifs is 7. The lowest BCUT2D eigenvalue weighted by Gasteiger charge is -2.26. The van der Waals surface area contributed by atoms with Gasteiger partial charge in [-0.15, -0.1) is 17.1 Å². The molecule has 0 spiro atoms. The van der Waals surface area contributed by atoms with Crippen LogP contribution < -0.4 is 4.90 Å². The monoisotopic (exact) mass is 708 g/mol. The van der Waals surface area contributed by atoms with Gasteiger partial charge in [0.2, 0.25) is 0 Å². The summed E-state index contributed by atoms with van der Waals surface area (Å²) in [6.07, 6.45) is 4.09. The van der Waals surface area contributed by atoms with Gasteiger partial charge in [-0.2, -0.15) is 0 Å². The smallest absolute Gasteiger partial charge is 0.0622 e. The first-order valence-electron chi connectivity index (χ1n) is 18.5. The van der Waals surface area contributed by atoms with E-state index in [0.29, 0.717) is 0 Å². The van der Waals surface area contributed by atoms with Crippen LogP contribution in [0.4, 0.5) is 17.1 Å². The Labute approximate surface area is 318 Å². The fourth-order valence-electron chi connectivity index (χ4n) is 8.03. The van der Waals surface area contributed by atoms with Gasteiger partial charge in [0.05, 0.1) is 11.0 Å². The van der Waals surface area contributed by atoms with Crippen LogP contribution in [0.1, 0.15) is 18.1 Å². The lowest BCUT2D eigenvalue weighted by molar-refractivity contribution is 1.17. The van der Waals surface area contributed by atoms with Crippen LogP contribution >= 0.6 is 11.3 Å². The molecule has 0 amide bonds. The molecule has 10 rings (SSSR count). The number of para-hydroxylation sites is 1. The van der Waals surface area contributed by atoms with Crippen LogP contribution in [0.2, 0.25) is 0 Å². The molecule has 2 heterocycles. The molecule has 8 aromatic carbocycles. The zero-order chi connectivity index (χ0) is 36.2. The molecule has 256 valence electrons. The van der Waals surface area contributed by atoms with E-state index in [1.807, 2.05) is 24.3 Å². The van der Waals surface area contributed by atoms with Crippen molar-refractivity contribution in [1.82, 2.24) is 4.57 Å². The van der Waals surface area contributed by atoms with Crippen molar-refractivity contribution in [1.29, 1.82) is 0 Å². The second-order valence-electron chi connectivity index (χ2n) is 13.9. The van der Waals surface area contributed by atoms with Crippen LogP contribution in [0.3, 0.4) is 0 Å². The molecule has 0 N–H and O–H groups in total. The number of hydrogen-bond acceptors (Lipinski definition) is 2. The summed E-state index contributed by atoms with van der Waals surface area (Å²) in [6, 6.07) is 62.2. The van der Waals surface area contributed by atoms with E-state index in [1.54, 1.807) is 0 Å². The van der Waals surface area contributed by atoms with Gasteiger partial charge >= 0.3 is 0 Å². The van der Waals surface area contributed by atoms with Gasteiger partial charge in [-0.3, -0.25) is 0 Å². The van der Waals surface area contributed by atoms with E-state index < -0.39 is 0 Å². The summed E-state index contributed by atoms with van der Waals surface area (Å²) in [7, 11) is 0. The summed E-state index contributed by atoms with van der Waals surface area (Å²) in [4.78, 5) is 2.39. The molecule has 0 aliphatic heterocycles. The minimum absolute atomic E-state index is 1.12. The van der Waals surface area contributed by atoms with Gasteiger partial charge in [0.1, 0.15) is 0 Å². The summed E-state index contributed by atoms with van der Waals surface area (Å²) in [6.45, 7) is 4.20. The fourth-order valence-corrected chi connectivity index (χ4v) is 9.11. The molecule has 2 nitrogen and oxygen atoms in total. The van der Waals surface area contributed by atoms with Crippen molar-refractivity contribution < 1.29 is 0 Å². The third kappa shape index (κ3) is 5.33. The van der Waals surface area contributed by atoms with Gasteiger partial charge in [-0.25, -0.2) is 0 Å². The topological polar surface area (TPSA) is 8.17 Å². The van der Waals surface area contributed by atoms with Gasteiger partial charge < -0.3 is 9.47 Å². The number of nitrogens with zero attached hydrogens (tertiary/aromatic N) is 2. The standard InChI is InChI=1S/C51H36N2S/c1-3-4-16-43-34(2)19-28-45-46-32-38(23-29-48(46)53(51(43)45)39-14-6-5-7-15-39)36-20-24-40(25-21-36)52(41-26-22-35-12-8-9-13-37(35)31-41)42-27-30-50-47(33-42)44-17-10-11-18-49(44)54-50/h3,5-33H,1-2H3. The number of rotatable bonds is 6. The maximum Gasteiger partial charge on any atom is 0.0622 e. The van der Waals surface area contributed by atoms with Crippen LogP contribution in [-0.2, 0) is 0 Å². The first-order chi connectivity index (χ1) is 26.6. The van der Waals surface area contributed by atoms with Gasteiger partial charge in [0.15, 0.2) is 0 Å². The van der Waals surface area contributed by atoms with E-state index in [-0.39, 0.29) is 0 Å². The Morgan fingerprint density at radius 3 is 2.09 bits per heavy atom. The van der Waals surface area contributed by atoms with E-state index in [0.717, 1.165) is 22.7 Å². The van der Waals surface area contributed by atoms with Crippen LogP contribution in [0, 0.1) is 6.92 Å². The van der Waals surface area contributed by atoms with Crippen molar-refractivity contribution in [2.75, 3.05) is 4.90 Å². The average molecular weight is 709 g/mol. The Balaban J connectivity index is 1.12. The minimum atomic E-state index is 1.12. The second kappa shape index (κ2) is 13.1. The molecule has 0 radical (unpaired) electrons. The predicted molar refractivity (Wildman–Crippen MR) is 234 cm³/mol. The lowest BCUT2D eigenvalue weighted by atomic mass is 10.00. The molecular formula is C51H36N2S. The highest BCUT2D eigenvalue weighted by Crippen LogP contribution is 2.42. The van der Waals surface area contributed by atoms with Crippen molar-refractivity contribution >= 4 is 87.2 Å². The normalized spacial score (nSPS) is 11.4. The van der Waals surface area contributed by atoms with Crippen LogP contribution in [0.15, 0.2) is 182 Å². The van der Waals surface area contributed by atoms with Crippen molar-refractivity contribution in [3.8, 4) is 16.8 Å². The van der Waals surface area contributed by atoms with Crippen molar-refractivity contribution in [3.05, 3.63) is 193 Å². The second-order valence-corrected chi connectivity index (χ2v) is 15.0. The number of aromatic nitrogens is 1. The third-order valence-corrected chi connectivity index (χ3v) is 11.8.